The van der Waals surface area contributed by atoms with Gasteiger partial charge >= 0.3 is 31.4 Å². The Morgan fingerprint density at radius 1 is 0.941 bits per heavy atom. The molecule has 0 bridgehead atoms. The van der Waals surface area contributed by atoms with E-state index in [1.54, 1.807) is 0 Å². The summed E-state index contributed by atoms with van der Waals surface area (Å²) in [6, 6.07) is -1.96. The third kappa shape index (κ3) is 20.8. The Hall–Kier alpha value is -1.18. The topological polar surface area (TPSA) is 161 Å². The van der Waals surface area contributed by atoms with Crippen LogP contribution in [0.2, 0.25) is 0 Å². The molecule has 0 aliphatic carbocycles. The Bertz CT molecular complexity index is 234. The van der Waals surface area contributed by atoms with Gasteiger partial charge in [-0.25, -0.2) is 12.6 Å². The third-order valence-corrected chi connectivity index (χ3v) is 1.09. The van der Waals surface area contributed by atoms with E-state index in [0.29, 0.717) is 0 Å². The van der Waals surface area contributed by atoms with Crippen LogP contribution in [-0.4, -0.2) is 46.8 Å². The Kier molecular flexibility index (Phi) is 16.0. The summed E-state index contributed by atoms with van der Waals surface area (Å²) in [4.78, 5) is 38.5. The predicted octanol–water partition coefficient (Wildman–Crippen LogP) is -2.21. The molecule has 6 N–H and O–H groups in total. The molecule has 0 saturated heterocycles. The van der Waals surface area contributed by atoms with Gasteiger partial charge in [0.15, 0.2) is 0 Å². The number of hydrogen-bond acceptors (Lipinski definition) is 6. The van der Waals surface area contributed by atoms with Gasteiger partial charge in [0.2, 0.25) is 0 Å². The first-order valence-electron chi connectivity index (χ1n) is 4.03. The molecule has 2 atom stereocenters. The maximum Gasteiger partial charge on any atom is 2.00 e. The van der Waals surface area contributed by atoms with Gasteiger partial charge in [-0.3, -0.25) is 9.59 Å². The van der Waals surface area contributed by atoms with Crippen LogP contribution in [0.15, 0.2) is 0 Å². The van der Waals surface area contributed by atoms with Crippen LogP contribution in [0.5, 0.6) is 0 Å². The first kappa shape index (κ1) is 21.1. The number of carbonyl (C=O) groups excluding carboxylic acids is 2. The van der Waals surface area contributed by atoms with Crippen molar-refractivity contribution in [2.75, 3.05) is 0 Å². The van der Waals surface area contributed by atoms with E-state index < -0.39 is 24.0 Å². The molecule has 0 saturated carbocycles. The molecule has 0 fully saturated rings. The van der Waals surface area contributed by atoms with E-state index in [9.17, 15) is 19.2 Å². The van der Waals surface area contributed by atoms with E-state index in [4.69, 9.17) is 21.7 Å². The number of rotatable bonds is 6. The molecule has 17 heavy (non-hydrogen) atoms. The molecule has 92 valence electrons. The fourth-order valence-electron chi connectivity index (χ4n) is 0.460. The zero-order valence-corrected chi connectivity index (χ0v) is 11.9. The fourth-order valence-corrected chi connectivity index (χ4v) is 0.460. The predicted molar refractivity (Wildman–Crippen MR) is 51.8 cm³/mol. The maximum atomic E-state index is 9.71. The molecular formula is C8H12N2O6Zn. The third-order valence-electron chi connectivity index (χ3n) is 1.09. The molecule has 0 aromatic heterocycles. The molecule has 0 rings (SSSR count). The molecule has 8 nitrogen and oxygen atoms in total. The van der Waals surface area contributed by atoms with Crippen molar-refractivity contribution in [1.29, 1.82) is 0 Å². The number of carboxylic acids is 2. The van der Waals surface area contributed by atoms with Crippen LogP contribution in [0.1, 0.15) is 12.8 Å². The SMILES string of the molecule is N[C@@H]([C-]=O)CC(=O)O.N[C@@H]([C-]=O)CC(=O)O.[Zn+2]. The van der Waals surface area contributed by atoms with Gasteiger partial charge < -0.3 is 31.3 Å². The Balaban J connectivity index is -0.000000218. The Morgan fingerprint density at radius 3 is 1.24 bits per heavy atom. The van der Waals surface area contributed by atoms with Gasteiger partial charge in [0, 0.05) is 12.8 Å². The minimum Gasteiger partial charge on any atom is -0.540 e. The van der Waals surface area contributed by atoms with Crippen LogP contribution in [0, 0.1) is 0 Å². The van der Waals surface area contributed by atoms with Crippen LogP contribution >= 0.6 is 0 Å². The van der Waals surface area contributed by atoms with Crippen molar-refractivity contribution in [3.05, 3.63) is 0 Å². The minimum atomic E-state index is -1.08. The first-order chi connectivity index (χ1) is 7.33. The van der Waals surface area contributed by atoms with Crippen molar-refractivity contribution in [2.45, 2.75) is 24.9 Å². The Morgan fingerprint density at radius 2 is 1.18 bits per heavy atom. The van der Waals surface area contributed by atoms with Crippen molar-refractivity contribution in [2.24, 2.45) is 11.5 Å². The summed E-state index contributed by atoms with van der Waals surface area (Å²) in [5.41, 5.74) is 9.74. The molecule has 0 spiro atoms. The summed E-state index contributed by atoms with van der Waals surface area (Å²) in [5, 5.41) is 15.9. The summed E-state index contributed by atoms with van der Waals surface area (Å²) in [6.07, 6.45) is 2.00. The number of aliphatic carboxylic acids is 2. The average Bonchev–Trinajstić information content (AvgIpc) is 2.16. The van der Waals surface area contributed by atoms with Gasteiger partial charge in [0.1, 0.15) is 0 Å². The van der Waals surface area contributed by atoms with E-state index in [2.05, 4.69) is 0 Å². The smallest absolute Gasteiger partial charge is 0.540 e. The number of carboxylic acid groups (broad SMARTS) is 2. The van der Waals surface area contributed by atoms with Gasteiger partial charge in [-0.2, -0.15) is 0 Å². The van der Waals surface area contributed by atoms with Crippen molar-refractivity contribution in [3.63, 3.8) is 0 Å². The van der Waals surface area contributed by atoms with Gasteiger partial charge in [0.05, 0.1) is 0 Å². The van der Waals surface area contributed by atoms with E-state index in [1.165, 1.54) is 12.6 Å². The van der Waals surface area contributed by atoms with Crippen molar-refractivity contribution >= 4 is 24.5 Å². The summed E-state index contributed by atoms with van der Waals surface area (Å²) in [5.74, 6) is -2.17. The van der Waals surface area contributed by atoms with E-state index >= 15 is 0 Å². The summed E-state index contributed by atoms with van der Waals surface area (Å²) >= 11 is 0. The molecular weight excluding hydrogens is 285 g/mol. The van der Waals surface area contributed by atoms with E-state index in [1.807, 2.05) is 0 Å². The summed E-state index contributed by atoms with van der Waals surface area (Å²) in [7, 11) is 0. The van der Waals surface area contributed by atoms with Crippen LogP contribution in [0.3, 0.4) is 0 Å². The number of nitrogens with two attached hydrogens (primary N) is 2. The van der Waals surface area contributed by atoms with Crippen LogP contribution in [0.4, 0.5) is 0 Å². The molecule has 0 amide bonds. The quantitative estimate of drug-likeness (QED) is 0.317. The fraction of sp³-hybridized carbons (Fsp3) is 0.500. The van der Waals surface area contributed by atoms with Gasteiger partial charge in [-0.05, 0) is 0 Å². The van der Waals surface area contributed by atoms with Crippen molar-refractivity contribution < 1.29 is 48.9 Å². The minimum absolute atomic E-state index is 0. The van der Waals surface area contributed by atoms with Gasteiger partial charge in [-0.1, -0.05) is 12.1 Å². The van der Waals surface area contributed by atoms with Gasteiger partial charge in [-0.15, -0.1) is 0 Å². The van der Waals surface area contributed by atoms with Crippen LogP contribution < -0.4 is 11.5 Å². The molecule has 0 aliphatic heterocycles. The van der Waals surface area contributed by atoms with Crippen LogP contribution in [-0.2, 0) is 38.7 Å². The molecule has 0 aromatic rings. The standard InChI is InChI=1S/2C4H6NO3.Zn/c2*5-3(2-6)1-4(7)8;/h2*3H,1,5H2,(H,7,8);/q2*-1;+2/t2*3-;/m11./s1. The van der Waals surface area contributed by atoms with E-state index in [-0.39, 0.29) is 32.3 Å². The number of carbonyl (C=O) groups is 2. The second-order valence-electron chi connectivity index (χ2n) is 2.64. The second-order valence-corrected chi connectivity index (χ2v) is 2.64. The molecule has 0 heterocycles. The molecule has 0 radical (unpaired) electrons. The summed E-state index contributed by atoms with van der Waals surface area (Å²) < 4.78 is 0. The van der Waals surface area contributed by atoms with Crippen molar-refractivity contribution in [1.82, 2.24) is 0 Å². The van der Waals surface area contributed by atoms with Crippen molar-refractivity contribution in [3.8, 4) is 0 Å². The molecule has 0 aromatic carbocycles. The molecule has 0 unspecified atom stereocenters. The second kappa shape index (κ2) is 12.9. The first-order valence-corrected chi connectivity index (χ1v) is 4.03. The maximum absolute atomic E-state index is 9.71. The largest absolute Gasteiger partial charge is 2.00 e. The monoisotopic (exact) mass is 296 g/mol. The number of hydrogen-bond donors (Lipinski definition) is 4. The molecule has 0 aliphatic rings. The van der Waals surface area contributed by atoms with Crippen LogP contribution in [0.25, 0.3) is 0 Å². The van der Waals surface area contributed by atoms with E-state index in [0.717, 1.165) is 0 Å². The summed E-state index contributed by atoms with van der Waals surface area (Å²) in [6.45, 7) is 0. The average molecular weight is 298 g/mol. The zero-order valence-electron chi connectivity index (χ0n) is 8.96. The molecule has 9 heteroatoms. The Labute approximate surface area is 110 Å². The van der Waals surface area contributed by atoms with Gasteiger partial charge in [0.25, 0.3) is 0 Å². The normalized spacial score (nSPS) is 11.9. The zero-order chi connectivity index (χ0) is 13.1.